The lowest BCUT2D eigenvalue weighted by atomic mass is 9.89. The summed E-state index contributed by atoms with van der Waals surface area (Å²) in [6, 6.07) is 7.36. The summed E-state index contributed by atoms with van der Waals surface area (Å²) in [5.41, 5.74) is 2.21. The number of hydrogen-bond acceptors (Lipinski definition) is 6. The maximum atomic E-state index is 12.7. The number of carbonyl (C=O) groups excluding carboxylic acids is 2. The number of pyridine rings is 1. The van der Waals surface area contributed by atoms with Gasteiger partial charge in [0.2, 0.25) is 5.91 Å². The molecule has 0 radical (unpaired) electrons. The van der Waals surface area contributed by atoms with Crippen LogP contribution in [-0.2, 0) is 9.53 Å². The first kappa shape index (κ1) is 22.3. The Labute approximate surface area is 188 Å². The van der Waals surface area contributed by atoms with Gasteiger partial charge < -0.3 is 20.1 Å². The van der Waals surface area contributed by atoms with Gasteiger partial charge in [-0.3, -0.25) is 14.7 Å². The zero-order chi connectivity index (χ0) is 22.5. The van der Waals surface area contributed by atoms with E-state index >= 15 is 0 Å². The Bertz CT molecular complexity index is 974. The van der Waals surface area contributed by atoms with Crippen LogP contribution in [0, 0.1) is 12.8 Å². The summed E-state index contributed by atoms with van der Waals surface area (Å²) >= 11 is 0. The number of nitrogens with zero attached hydrogens (tertiary/aromatic N) is 2. The van der Waals surface area contributed by atoms with E-state index in [0.29, 0.717) is 24.5 Å². The molecule has 1 saturated carbocycles. The minimum Gasteiger partial charge on any atom is -0.497 e. The van der Waals surface area contributed by atoms with Crippen LogP contribution in [0.5, 0.6) is 5.75 Å². The van der Waals surface area contributed by atoms with E-state index < -0.39 is 6.09 Å². The third kappa shape index (κ3) is 5.48. The fraction of sp³-hybridized carbons (Fsp3) is 0.542. The van der Waals surface area contributed by atoms with Gasteiger partial charge in [0, 0.05) is 17.6 Å². The summed E-state index contributed by atoms with van der Waals surface area (Å²) in [5, 5.41) is 7.16. The summed E-state index contributed by atoms with van der Waals surface area (Å²) < 4.78 is 10.8. The highest BCUT2D eigenvalue weighted by Gasteiger charge is 2.32. The molecule has 2 fully saturated rings. The van der Waals surface area contributed by atoms with Gasteiger partial charge in [0.1, 0.15) is 18.4 Å². The van der Waals surface area contributed by atoms with Crippen molar-refractivity contribution in [2.75, 3.05) is 38.6 Å². The molecule has 0 bridgehead atoms. The quantitative estimate of drug-likeness (QED) is 0.653. The normalized spacial score (nSPS) is 19.2. The second-order valence-electron chi connectivity index (χ2n) is 8.79. The smallest absolute Gasteiger partial charge is 0.410 e. The number of anilines is 1. The lowest BCUT2D eigenvalue weighted by molar-refractivity contribution is -0.116. The van der Waals surface area contributed by atoms with E-state index in [0.717, 1.165) is 29.1 Å². The van der Waals surface area contributed by atoms with Crippen molar-refractivity contribution in [1.29, 1.82) is 0 Å². The van der Waals surface area contributed by atoms with Crippen LogP contribution in [0.25, 0.3) is 10.9 Å². The summed E-state index contributed by atoms with van der Waals surface area (Å²) in [4.78, 5) is 30.9. The van der Waals surface area contributed by atoms with Gasteiger partial charge in [0.25, 0.3) is 0 Å². The standard InChI is InChI=1S/C24H32N4O4/c1-16-10-22(20-11-18(31-2)8-9-21(20)26-16)27-23(29)15-28-14-19(32-24(28)30)13-25-12-17-6-4-3-5-7-17/h8-11,17,19,25H,3-7,12-15H2,1-2H3,(H,26,27,29). The third-order valence-electron chi connectivity index (χ3n) is 6.23. The molecule has 1 aliphatic heterocycles. The Morgan fingerprint density at radius 1 is 1.22 bits per heavy atom. The van der Waals surface area contributed by atoms with Crippen molar-refractivity contribution >= 4 is 28.6 Å². The van der Waals surface area contributed by atoms with Crippen molar-refractivity contribution in [1.82, 2.24) is 15.2 Å². The van der Waals surface area contributed by atoms with Crippen molar-refractivity contribution in [3.8, 4) is 5.75 Å². The lowest BCUT2D eigenvalue weighted by Crippen LogP contribution is -2.36. The van der Waals surface area contributed by atoms with E-state index in [1.165, 1.54) is 37.0 Å². The highest BCUT2D eigenvalue weighted by atomic mass is 16.6. The van der Waals surface area contributed by atoms with Gasteiger partial charge in [0.05, 0.1) is 24.9 Å². The molecule has 8 nitrogen and oxygen atoms in total. The predicted molar refractivity (Wildman–Crippen MR) is 123 cm³/mol. The van der Waals surface area contributed by atoms with Crippen LogP contribution >= 0.6 is 0 Å². The minimum absolute atomic E-state index is 0.0508. The van der Waals surface area contributed by atoms with Crippen molar-refractivity contribution in [2.24, 2.45) is 5.92 Å². The van der Waals surface area contributed by atoms with E-state index in [9.17, 15) is 9.59 Å². The van der Waals surface area contributed by atoms with Gasteiger partial charge in [-0.25, -0.2) is 4.79 Å². The molecule has 4 rings (SSSR count). The molecule has 2 N–H and O–H groups in total. The van der Waals surface area contributed by atoms with Crippen LogP contribution in [0.3, 0.4) is 0 Å². The number of benzene rings is 1. The van der Waals surface area contributed by atoms with Gasteiger partial charge >= 0.3 is 6.09 Å². The van der Waals surface area contributed by atoms with Crippen LogP contribution in [0.4, 0.5) is 10.5 Å². The minimum atomic E-state index is -0.443. The molecule has 1 aromatic heterocycles. The number of aryl methyl sites for hydroxylation is 1. The number of cyclic esters (lactones) is 1. The SMILES string of the molecule is COc1ccc2nc(C)cc(NC(=O)CN3CC(CNCC4CCCCC4)OC3=O)c2c1. The van der Waals surface area contributed by atoms with Crippen LogP contribution < -0.4 is 15.4 Å². The van der Waals surface area contributed by atoms with Crippen LogP contribution in [0.1, 0.15) is 37.8 Å². The van der Waals surface area contributed by atoms with Gasteiger partial charge in [-0.05, 0) is 56.5 Å². The maximum Gasteiger partial charge on any atom is 0.410 e. The molecule has 32 heavy (non-hydrogen) atoms. The highest BCUT2D eigenvalue weighted by molar-refractivity contribution is 6.02. The Hall–Kier alpha value is -2.87. The second-order valence-corrected chi connectivity index (χ2v) is 8.79. The zero-order valence-electron chi connectivity index (χ0n) is 18.9. The Morgan fingerprint density at radius 2 is 2.03 bits per heavy atom. The van der Waals surface area contributed by atoms with Crippen molar-refractivity contribution in [3.05, 3.63) is 30.0 Å². The first-order valence-corrected chi connectivity index (χ1v) is 11.4. The number of fused-ring (bicyclic) bond motifs is 1. The van der Waals surface area contributed by atoms with Crippen molar-refractivity contribution < 1.29 is 19.1 Å². The van der Waals surface area contributed by atoms with Gasteiger partial charge in [-0.15, -0.1) is 0 Å². The van der Waals surface area contributed by atoms with Gasteiger partial charge in [0.15, 0.2) is 0 Å². The first-order valence-electron chi connectivity index (χ1n) is 11.4. The summed E-state index contributed by atoms with van der Waals surface area (Å²) in [7, 11) is 1.60. The number of carbonyl (C=O) groups is 2. The Kier molecular flexibility index (Phi) is 7.09. The molecule has 8 heteroatoms. The molecule has 1 unspecified atom stereocenters. The van der Waals surface area contributed by atoms with E-state index in [1.54, 1.807) is 7.11 Å². The molecule has 1 saturated heterocycles. The summed E-state index contributed by atoms with van der Waals surface area (Å²) in [6.45, 7) is 3.82. The van der Waals surface area contributed by atoms with Crippen LogP contribution in [0.15, 0.2) is 24.3 Å². The Morgan fingerprint density at radius 3 is 2.81 bits per heavy atom. The predicted octanol–water partition coefficient (Wildman–Crippen LogP) is 3.48. The number of nitrogens with one attached hydrogen (secondary N) is 2. The van der Waals surface area contributed by atoms with Crippen LogP contribution in [0.2, 0.25) is 0 Å². The maximum absolute atomic E-state index is 12.7. The van der Waals surface area contributed by atoms with E-state index in [4.69, 9.17) is 9.47 Å². The number of methoxy groups -OCH3 is 1. The number of rotatable bonds is 8. The molecule has 1 aliphatic carbocycles. The number of hydrogen-bond donors (Lipinski definition) is 2. The van der Waals surface area contributed by atoms with Gasteiger partial charge in [-0.2, -0.15) is 0 Å². The van der Waals surface area contributed by atoms with Crippen molar-refractivity contribution in [3.63, 3.8) is 0 Å². The number of amides is 2. The van der Waals surface area contributed by atoms with Gasteiger partial charge in [-0.1, -0.05) is 19.3 Å². The zero-order valence-corrected chi connectivity index (χ0v) is 18.9. The van der Waals surface area contributed by atoms with E-state index in [2.05, 4.69) is 15.6 Å². The van der Waals surface area contributed by atoms with E-state index in [-0.39, 0.29) is 18.6 Å². The molecule has 2 heterocycles. The fourth-order valence-corrected chi connectivity index (χ4v) is 4.58. The second kappa shape index (κ2) is 10.2. The summed E-state index contributed by atoms with van der Waals surface area (Å²) in [6.07, 6.45) is 5.85. The fourth-order valence-electron chi connectivity index (χ4n) is 4.58. The largest absolute Gasteiger partial charge is 0.497 e. The summed E-state index contributed by atoms with van der Waals surface area (Å²) in [5.74, 6) is 1.14. The topological polar surface area (TPSA) is 92.8 Å². The molecule has 2 aliphatic rings. The highest BCUT2D eigenvalue weighted by Crippen LogP contribution is 2.27. The number of aromatic nitrogens is 1. The molecular formula is C24H32N4O4. The molecule has 1 atom stereocenters. The average molecular weight is 441 g/mol. The first-order chi connectivity index (χ1) is 15.5. The molecular weight excluding hydrogens is 408 g/mol. The molecule has 2 amide bonds. The average Bonchev–Trinajstić information content (AvgIpc) is 3.12. The Balaban J connectivity index is 1.31. The number of ether oxygens (including phenoxy) is 2. The lowest BCUT2D eigenvalue weighted by Gasteiger charge is -2.22. The molecule has 0 spiro atoms. The third-order valence-corrected chi connectivity index (χ3v) is 6.23. The molecule has 172 valence electrons. The molecule has 1 aromatic carbocycles. The monoisotopic (exact) mass is 440 g/mol. The van der Waals surface area contributed by atoms with E-state index in [1.807, 2.05) is 31.2 Å². The molecule has 2 aromatic rings. The van der Waals surface area contributed by atoms with Crippen LogP contribution in [-0.4, -0.2) is 61.3 Å². The van der Waals surface area contributed by atoms with Crippen molar-refractivity contribution in [2.45, 2.75) is 45.1 Å².